The van der Waals surface area contributed by atoms with E-state index < -0.39 is 0 Å². The Morgan fingerprint density at radius 1 is 1.00 bits per heavy atom. The first-order valence-electron chi connectivity index (χ1n) is 8.97. The molecule has 0 aliphatic heterocycles. The number of amides is 1. The summed E-state index contributed by atoms with van der Waals surface area (Å²) >= 11 is 0. The molecule has 0 aromatic rings. The van der Waals surface area contributed by atoms with Gasteiger partial charge >= 0.3 is 0 Å². The molecule has 1 aliphatic carbocycles. The van der Waals surface area contributed by atoms with Crippen molar-refractivity contribution in [1.82, 2.24) is 16.0 Å². The van der Waals surface area contributed by atoms with Gasteiger partial charge in [-0.05, 0) is 25.2 Å². The highest BCUT2D eigenvalue weighted by molar-refractivity contribution is 5.79. The summed E-state index contributed by atoms with van der Waals surface area (Å²) in [6, 6.07) is 0. The molecule has 1 fully saturated rings. The molecule has 1 aliphatic rings. The van der Waals surface area contributed by atoms with Crippen molar-refractivity contribution < 1.29 is 4.79 Å². The maximum atomic E-state index is 11.8. The van der Waals surface area contributed by atoms with Crippen LogP contribution in [0.1, 0.15) is 64.7 Å². The molecular formula is C17H34N4O. The number of rotatable bonds is 10. The summed E-state index contributed by atoms with van der Waals surface area (Å²) in [5, 5.41) is 9.52. The number of nitrogens with one attached hydrogen (secondary N) is 3. The minimum atomic E-state index is 0.191. The number of nitrogens with zero attached hydrogens (tertiary/aromatic N) is 1. The third kappa shape index (κ3) is 8.90. The monoisotopic (exact) mass is 310 g/mol. The lowest BCUT2D eigenvalue weighted by Gasteiger charge is -2.13. The van der Waals surface area contributed by atoms with E-state index in [-0.39, 0.29) is 5.91 Å². The Hall–Kier alpha value is -1.26. The highest BCUT2D eigenvalue weighted by Crippen LogP contribution is 2.27. The Labute approximate surface area is 135 Å². The molecule has 0 aromatic heterocycles. The molecule has 0 heterocycles. The number of hydrogen-bond acceptors (Lipinski definition) is 2. The quantitative estimate of drug-likeness (QED) is 0.330. The average Bonchev–Trinajstić information content (AvgIpc) is 3.02. The van der Waals surface area contributed by atoms with Crippen molar-refractivity contribution in [3.8, 4) is 0 Å². The lowest BCUT2D eigenvalue weighted by atomic mass is 10.0. The summed E-state index contributed by atoms with van der Waals surface area (Å²) in [6.45, 7) is 4.54. The number of guanidine groups is 1. The molecule has 5 nitrogen and oxygen atoms in total. The fourth-order valence-electron chi connectivity index (χ4n) is 2.91. The summed E-state index contributed by atoms with van der Waals surface area (Å²) in [6.07, 6.45) is 10.7. The van der Waals surface area contributed by atoms with Crippen LogP contribution in [-0.4, -0.2) is 38.5 Å². The summed E-state index contributed by atoms with van der Waals surface area (Å²) in [7, 11) is 1.78. The second-order valence-electron chi connectivity index (χ2n) is 6.19. The summed E-state index contributed by atoms with van der Waals surface area (Å²) in [5.41, 5.74) is 0. The highest BCUT2D eigenvalue weighted by atomic mass is 16.1. The average molecular weight is 310 g/mol. The van der Waals surface area contributed by atoms with Gasteiger partial charge in [0.1, 0.15) is 0 Å². The van der Waals surface area contributed by atoms with Gasteiger partial charge in [0.15, 0.2) is 5.96 Å². The van der Waals surface area contributed by atoms with E-state index in [1.807, 2.05) is 0 Å². The van der Waals surface area contributed by atoms with Gasteiger partial charge < -0.3 is 16.0 Å². The van der Waals surface area contributed by atoms with E-state index in [2.05, 4.69) is 27.9 Å². The molecule has 5 heteroatoms. The van der Waals surface area contributed by atoms with Gasteiger partial charge in [0.25, 0.3) is 0 Å². The zero-order valence-corrected chi connectivity index (χ0v) is 14.4. The highest BCUT2D eigenvalue weighted by Gasteiger charge is 2.17. The van der Waals surface area contributed by atoms with Gasteiger partial charge in [0.2, 0.25) is 5.91 Å². The van der Waals surface area contributed by atoms with Crippen LogP contribution in [0.2, 0.25) is 0 Å². The van der Waals surface area contributed by atoms with Crippen LogP contribution in [0.4, 0.5) is 0 Å². The van der Waals surface area contributed by atoms with Gasteiger partial charge in [-0.3, -0.25) is 9.79 Å². The predicted octanol–water partition coefficient (Wildman–Crippen LogP) is 2.43. The molecule has 0 aromatic carbocycles. The summed E-state index contributed by atoms with van der Waals surface area (Å²) in [4.78, 5) is 16.0. The van der Waals surface area contributed by atoms with Crippen LogP contribution in [0, 0.1) is 5.92 Å². The first-order valence-corrected chi connectivity index (χ1v) is 8.97. The van der Waals surface area contributed by atoms with Gasteiger partial charge in [0.05, 0.1) is 0 Å². The van der Waals surface area contributed by atoms with Crippen molar-refractivity contribution >= 4 is 11.9 Å². The van der Waals surface area contributed by atoms with E-state index in [1.165, 1.54) is 51.4 Å². The lowest BCUT2D eigenvalue weighted by molar-refractivity contribution is -0.121. The predicted molar refractivity (Wildman–Crippen MR) is 93.1 cm³/mol. The standard InChI is InChI=1S/C17H34N4O/c1-3-4-5-8-11-20-17(18-2)21-13-12-19-16(22)14-15-9-6-7-10-15/h15H,3-14H2,1-2H3,(H,19,22)(H2,18,20,21). The topological polar surface area (TPSA) is 65.5 Å². The van der Waals surface area contributed by atoms with E-state index in [9.17, 15) is 4.79 Å². The Morgan fingerprint density at radius 2 is 1.68 bits per heavy atom. The second kappa shape index (κ2) is 12.3. The van der Waals surface area contributed by atoms with Crippen molar-refractivity contribution in [2.75, 3.05) is 26.7 Å². The van der Waals surface area contributed by atoms with Gasteiger partial charge in [-0.2, -0.15) is 0 Å². The first kappa shape index (κ1) is 18.8. The van der Waals surface area contributed by atoms with Gasteiger partial charge in [-0.1, -0.05) is 39.0 Å². The molecule has 0 saturated heterocycles. The van der Waals surface area contributed by atoms with Crippen LogP contribution in [0.3, 0.4) is 0 Å². The Balaban J connectivity index is 2.00. The van der Waals surface area contributed by atoms with E-state index in [0.29, 0.717) is 25.4 Å². The second-order valence-corrected chi connectivity index (χ2v) is 6.19. The molecule has 22 heavy (non-hydrogen) atoms. The molecule has 1 amide bonds. The summed E-state index contributed by atoms with van der Waals surface area (Å²) in [5.74, 6) is 1.63. The minimum Gasteiger partial charge on any atom is -0.356 e. The molecule has 1 rings (SSSR count). The van der Waals surface area contributed by atoms with E-state index in [4.69, 9.17) is 0 Å². The molecule has 128 valence electrons. The van der Waals surface area contributed by atoms with Gasteiger partial charge in [-0.15, -0.1) is 0 Å². The Bertz CT molecular complexity index is 325. The Kier molecular flexibility index (Phi) is 10.5. The number of hydrogen-bond donors (Lipinski definition) is 3. The number of aliphatic imine (C=N–C) groups is 1. The molecule has 0 atom stereocenters. The van der Waals surface area contributed by atoms with Crippen LogP contribution in [-0.2, 0) is 4.79 Å². The van der Waals surface area contributed by atoms with Crippen LogP contribution in [0.15, 0.2) is 4.99 Å². The molecule has 1 saturated carbocycles. The smallest absolute Gasteiger partial charge is 0.220 e. The van der Waals surface area contributed by atoms with Gasteiger partial charge in [0, 0.05) is 33.1 Å². The SMILES string of the molecule is CCCCCCNC(=NC)NCCNC(=O)CC1CCCC1. The molecule has 0 spiro atoms. The largest absolute Gasteiger partial charge is 0.356 e. The van der Waals surface area contributed by atoms with Gasteiger partial charge in [-0.25, -0.2) is 0 Å². The number of carbonyl (C=O) groups excluding carboxylic acids is 1. The minimum absolute atomic E-state index is 0.191. The van der Waals surface area contributed by atoms with Crippen LogP contribution in [0.25, 0.3) is 0 Å². The fraction of sp³-hybridized carbons (Fsp3) is 0.882. The maximum absolute atomic E-state index is 11.8. The fourth-order valence-corrected chi connectivity index (χ4v) is 2.91. The number of unbranched alkanes of at least 4 members (excludes halogenated alkanes) is 3. The van der Waals surface area contributed by atoms with Crippen molar-refractivity contribution in [2.24, 2.45) is 10.9 Å². The Morgan fingerprint density at radius 3 is 2.36 bits per heavy atom. The van der Waals surface area contributed by atoms with E-state index in [1.54, 1.807) is 7.05 Å². The lowest BCUT2D eigenvalue weighted by Crippen LogP contribution is -2.41. The molecule has 0 bridgehead atoms. The third-order valence-electron chi connectivity index (χ3n) is 4.23. The van der Waals surface area contributed by atoms with Crippen molar-refractivity contribution in [2.45, 2.75) is 64.7 Å². The van der Waals surface area contributed by atoms with E-state index in [0.717, 1.165) is 12.5 Å². The normalized spacial score (nSPS) is 15.8. The van der Waals surface area contributed by atoms with Crippen molar-refractivity contribution in [1.29, 1.82) is 0 Å². The van der Waals surface area contributed by atoms with Crippen LogP contribution in [0.5, 0.6) is 0 Å². The zero-order valence-electron chi connectivity index (χ0n) is 14.4. The molecule has 0 radical (unpaired) electrons. The molecule has 3 N–H and O–H groups in total. The number of carbonyl (C=O) groups is 1. The molecular weight excluding hydrogens is 276 g/mol. The van der Waals surface area contributed by atoms with Crippen LogP contribution >= 0.6 is 0 Å². The maximum Gasteiger partial charge on any atom is 0.220 e. The van der Waals surface area contributed by atoms with Crippen molar-refractivity contribution in [3.63, 3.8) is 0 Å². The third-order valence-corrected chi connectivity index (χ3v) is 4.23. The zero-order chi connectivity index (χ0) is 16.0. The summed E-state index contributed by atoms with van der Waals surface area (Å²) < 4.78 is 0. The van der Waals surface area contributed by atoms with E-state index >= 15 is 0 Å². The van der Waals surface area contributed by atoms with Crippen LogP contribution < -0.4 is 16.0 Å². The van der Waals surface area contributed by atoms with Crippen molar-refractivity contribution in [3.05, 3.63) is 0 Å². The first-order chi connectivity index (χ1) is 10.8. The molecule has 0 unspecified atom stereocenters.